The molecule has 0 nitrogen and oxygen atoms in total. The Bertz CT molecular complexity index is 181. The Balaban J connectivity index is 0.000000791. The van der Waals surface area contributed by atoms with Gasteiger partial charge < -0.3 is 0 Å². The molecule has 1 saturated heterocycles. The maximum Gasteiger partial charge on any atom is -0.0136 e. The Kier molecular flexibility index (Phi) is 5.37. The highest BCUT2D eigenvalue weighted by Crippen LogP contribution is 2.53. The third-order valence-corrected chi connectivity index (χ3v) is 4.13. The zero-order chi connectivity index (χ0) is 11.4. The quantitative estimate of drug-likeness (QED) is 0.393. The minimum atomic E-state index is 0.545. The fourth-order valence-electron chi connectivity index (χ4n) is 2.41. The lowest BCUT2D eigenvalue weighted by atomic mass is 9.92. The molecule has 1 fully saturated rings. The predicted octanol–water partition coefficient (Wildman–Crippen LogP) is 4.99. The molecule has 0 atom stereocenters. The first kappa shape index (κ1) is 14.2. The van der Waals surface area contributed by atoms with Gasteiger partial charge in [0.2, 0.25) is 0 Å². The van der Waals surface area contributed by atoms with Crippen molar-refractivity contribution in [2.75, 3.05) is 0 Å². The first-order chi connectivity index (χ1) is 6.35. The van der Waals surface area contributed by atoms with Crippen LogP contribution in [-0.2, 0) is 0 Å². The molecule has 0 unspecified atom stereocenters. The molecule has 0 bridgehead atoms. The monoisotopic (exact) mass is 214 g/mol. The number of rotatable bonds is 0. The van der Waals surface area contributed by atoms with Crippen molar-refractivity contribution >= 4 is 8.58 Å². The summed E-state index contributed by atoms with van der Waals surface area (Å²) in [7, 11) is 1.10. The number of hydrogen-bond donors (Lipinski definition) is 0. The molecule has 1 heteroatoms. The van der Waals surface area contributed by atoms with Gasteiger partial charge in [0, 0.05) is 0 Å². The molecule has 0 N–H and O–H groups in total. The molecule has 0 aromatic rings. The van der Waals surface area contributed by atoms with Crippen molar-refractivity contribution in [1.29, 1.82) is 0 Å². The molecule has 1 aliphatic heterocycles. The minimum absolute atomic E-state index is 0.545. The first-order valence-electron chi connectivity index (χ1n) is 5.78. The van der Waals surface area contributed by atoms with Gasteiger partial charge in [0.15, 0.2) is 0 Å². The summed E-state index contributed by atoms with van der Waals surface area (Å²) >= 11 is 0. The predicted molar refractivity (Wildman–Crippen MR) is 70.8 cm³/mol. The fourth-order valence-corrected chi connectivity index (χ4v) is 4.87. The molecule has 0 aromatic heterocycles. The lowest BCUT2D eigenvalue weighted by Gasteiger charge is -2.42. The Labute approximate surface area is 92.3 Å². The van der Waals surface area contributed by atoms with E-state index in [-0.39, 0.29) is 0 Å². The van der Waals surface area contributed by atoms with Crippen LogP contribution in [-0.4, -0.2) is 10.3 Å². The van der Waals surface area contributed by atoms with E-state index in [0.29, 0.717) is 10.3 Å². The van der Waals surface area contributed by atoms with Crippen LogP contribution in [0.3, 0.4) is 0 Å². The zero-order valence-corrected chi connectivity index (χ0v) is 12.0. The van der Waals surface area contributed by atoms with Crippen molar-refractivity contribution in [2.45, 2.75) is 71.6 Å². The van der Waals surface area contributed by atoms with Gasteiger partial charge in [-0.1, -0.05) is 53.2 Å². The fraction of sp³-hybridized carbons (Fsp3) is 0.846. The van der Waals surface area contributed by atoms with Crippen LogP contribution in [0.15, 0.2) is 11.6 Å². The summed E-state index contributed by atoms with van der Waals surface area (Å²) in [5.41, 5.74) is 1.66. The van der Waals surface area contributed by atoms with Crippen molar-refractivity contribution < 1.29 is 0 Å². The summed E-state index contributed by atoms with van der Waals surface area (Å²) in [6.45, 7) is 15.8. The van der Waals surface area contributed by atoms with Crippen LogP contribution >= 0.6 is 8.58 Å². The lowest BCUT2D eigenvalue weighted by Crippen LogP contribution is -2.30. The highest BCUT2D eigenvalue weighted by molar-refractivity contribution is 7.42. The summed E-state index contributed by atoms with van der Waals surface area (Å²) in [4.78, 5) is 0. The Morgan fingerprint density at radius 1 is 1.00 bits per heavy atom. The molecule has 1 rings (SSSR count). The van der Waals surface area contributed by atoms with Gasteiger partial charge in [-0.2, -0.15) is 0 Å². The molecule has 0 saturated carbocycles. The maximum atomic E-state index is 2.40. The summed E-state index contributed by atoms with van der Waals surface area (Å²) in [6.07, 6.45) is 4.93. The van der Waals surface area contributed by atoms with E-state index in [9.17, 15) is 0 Å². The second kappa shape index (κ2) is 5.31. The smallest absolute Gasteiger partial charge is 0.0136 e. The minimum Gasteiger partial charge on any atom is -0.110 e. The molecule has 1 heterocycles. The van der Waals surface area contributed by atoms with Gasteiger partial charge in [-0.05, 0) is 30.1 Å². The largest absolute Gasteiger partial charge is 0.110 e. The van der Waals surface area contributed by atoms with E-state index < -0.39 is 0 Å². The highest BCUT2D eigenvalue weighted by atomic mass is 31.1. The van der Waals surface area contributed by atoms with Gasteiger partial charge in [0.25, 0.3) is 0 Å². The van der Waals surface area contributed by atoms with Crippen LogP contribution in [0.25, 0.3) is 0 Å². The van der Waals surface area contributed by atoms with E-state index in [1.165, 1.54) is 12.8 Å². The van der Waals surface area contributed by atoms with E-state index in [1.54, 1.807) is 5.57 Å². The molecule has 14 heavy (non-hydrogen) atoms. The van der Waals surface area contributed by atoms with Crippen molar-refractivity contribution in [3.05, 3.63) is 11.6 Å². The molecule has 0 amide bonds. The standard InChI is InChI=1S/C11H21P.C2H6/c1-6-9-7-10(2,3)12-11(4,5)8-9;1-2/h6,12H,7-8H2,1-5H3;1-2H3. The number of hydrogen-bond acceptors (Lipinski definition) is 0. The highest BCUT2D eigenvalue weighted by Gasteiger charge is 2.34. The molecule has 0 radical (unpaired) electrons. The average Bonchev–Trinajstić information content (AvgIpc) is 2.02. The van der Waals surface area contributed by atoms with E-state index in [1.807, 2.05) is 13.8 Å². The Morgan fingerprint density at radius 3 is 1.64 bits per heavy atom. The molecule has 1 aliphatic rings. The summed E-state index contributed by atoms with van der Waals surface area (Å²) in [6, 6.07) is 0. The summed E-state index contributed by atoms with van der Waals surface area (Å²) < 4.78 is 0. The van der Waals surface area contributed by atoms with Crippen LogP contribution in [0.5, 0.6) is 0 Å². The summed E-state index contributed by atoms with van der Waals surface area (Å²) in [5.74, 6) is 0. The average molecular weight is 214 g/mol. The van der Waals surface area contributed by atoms with Crippen molar-refractivity contribution in [3.63, 3.8) is 0 Å². The molecular weight excluding hydrogens is 187 g/mol. The lowest BCUT2D eigenvalue weighted by molar-refractivity contribution is 0.563. The van der Waals surface area contributed by atoms with Crippen LogP contribution in [0, 0.1) is 0 Å². The van der Waals surface area contributed by atoms with Crippen LogP contribution in [0.1, 0.15) is 61.3 Å². The van der Waals surface area contributed by atoms with Crippen molar-refractivity contribution in [2.24, 2.45) is 0 Å². The van der Waals surface area contributed by atoms with Gasteiger partial charge in [0.05, 0.1) is 0 Å². The molecule has 0 aliphatic carbocycles. The Morgan fingerprint density at radius 2 is 1.36 bits per heavy atom. The molecule has 0 aromatic carbocycles. The second-order valence-corrected chi connectivity index (χ2v) is 8.15. The molecular formula is C13H27P. The Hall–Kier alpha value is 0.170. The molecule has 0 spiro atoms. The third kappa shape index (κ3) is 4.60. The topological polar surface area (TPSA) is 0 Å². The van der Waals surface area contributed by atoms with Crippen molar-refractivity contribution in [1.82, 2.24) is 0 Å². The van der Waals surface area contributed by atoms with Gasteiger partial charge in [-0.15, -0.1) is 8.58 Å². The van der Waals surface area contributed by atoms with Crippen LogP contribution < -0.4 is 0 Å². The first-order valence-corrected chi connectivity index (χ1v) is 6.78. The van der Waals surface area contributed by atoms with Crippen LogP contribution in [0.2, 0.25) is 0 Å². The van der Waals surface area contributed by atoms with Gasteiger partial charge >= 0.3 is 0 Å². The third-order valence-electron chi connectivity index (χ3n) is 2.42. The van der Waals surface area contributed by atoms with Crippen molar-refractivity contribution in [3.8, 4) is 0 Å². The van der Waals surface area contributed by atoms with E-state index in [4.69, 9.17) is 0 Å². The normalized spacial score (nSPS) is 25.2. The van der Waals surface area contributed by atoms with E-state index >= 15 is 0 Å². The zero-order valence-electron chi connectivity index (χ0n) is 11.0. The molecule has 84 valence electrons. The maximum absolute atomic E-state index is 2.40. The van der Waals surface area contributed by atoms with Crippen LogP contribution in [0.4, 0.5) is 0 Å². The summed E-state index contributed by atoms with van der Waals surface area (Å²) in [5, 5.41) is 1.09. The van der Waals surface area contributed by atoms with Gasteiger partial charge in [-0.3, -0.25) is 0 Å². The number of allylic oxidation sites excluding steroid dienone is 2. The second-order valence-electron chi connectivity index (χ2n) is 5.19. The van der Waals surface area contributed by atoms with Gasteiger partial charge in [-0.25, -0.2) is 0 Å². The van der Waals surface area contributed by atoms with E-state index in [0.717, 1.165) is 8.58 Å². The SMILES string of the molecule is CC.CC=C1CC(C)(C)PC(C)(C)C1. The van der Waals surface area contributed by atoms with Gasteiger partial charge in [0.1, 0.15) is 0 Å². The van der Waals surface area contributed by atoms with E-state index in [2.05, 4.69) is 40.7 Å².